The first-order valence-corrected chi connectivity index (χ1v) is 5.58. The first kappa shape index (κ1) is 11.4. The maximum absolute atomic E-state index is 11.7. The molecule has 0 spiro atoms. The van der Waals surface area contributed by atoms with Crippen LogP contribution in [0.4, 0.5) is 0 Å². The molecule has 1 aromatic carbocycles. The lowest BCUT2D eigenvalue weighted by atomic mass is 9.97. The third-order valence-electron chi connectivity index (χ3n) is 2.94. The zero-order chi connectivity index (χ0) is 12.3. The molecule has 3 heteroatoms. The van der Waals surface area contributed by atoms with Crippen molar-refractivity contribution in [1.82, 2.24) is 0 Å². The molecule has 17 heavy (non-hydrogen) atoms. The van der Waals surface area contributed by atoms with Crippen molar-refractivity contribution < 1.29 is 9.53 Å². The molecule has 1 aromatic rings. The van der Waals surface area contributed by atoms with Crippen molar-refractivity contribution in [2.45, 2.75) is 19.3 Å². The van der Waals surface area contributed by atoms with Gasteiger partial charge in [-0.05, 0) is 42.5 Å². The Bertz CT molecular complexity index is 524. The van der Waals surface area contributed by atoms with Crippen molar-refractivity contribution >= 4 is 11.5 Å². The van der Waals surface area contributed by atoms with Crippen molar-refractivity contribution in [3.63, 3.8) is 0 Å². The fraction of sp³-hybridized carbons (Fsp3) is 0.286. The van der Waals surface area contributed by atoms with Gasteiger partial charge in [-0.25, -0.2) is 4.79 Å². The van der Waals surface area contributed by atoms with Gasteiger partial charge in [0, 0.05) is 0 Å². The highest BCUT2D eigenvalue weighted by molar-refractivity contribution is 5.96. The molecule has 0 fully saturated rings. The fourth-order valence-electron chi connectivity index (χ4n) is 2.09. The number of nitriles is 1. The van der Waals surface area contributed by atoms with Gasteiger partial charge in [0.15, 0.2) is 0 Å². The van der Waals surface area contributed by atoms with Crippen molar-refractivity contribution in [2.24, 2.45) is 0 Å². The molecular weight excluding hydrogens is 214 g/mol. The van der Waals surface area contributed by atoms with Crippen LogP contribution in [0, 0.1) is 11.3 Å². The standard InChI is InChI=1S/C14H13NO2/c1-17-14(16)13-8-10(9-15)6-7-12(13)11-4-2-3-5-11/h4,6-8H,2-3,5H2,1H3. The number of benzene rings is 1. The Labute approximate surface area is 100 Å². The van der Waals surface area contributed by atoms with Crippen molar-refractivity contribution in [3.05, 3.63) is 41.0 Å². The van der Waals surface area contributed by atoms with Gasteiger partial charge < -0.3 is 4.74 Å². The summed E-state index contributed by atoms with van der Waals surface area (Å²) >= 11 is 0. The second-order valence-corrected chi connectivity index (χ2v) is 3.99. The zero-order valence-electron chi connectivity index (χ0n) is 9.69. The summed E-state index contributed by atoms with van der Waals surface area (Å²) in [5, 5.41) is 8.86. The Balaban J connectivity index is 2.51. The summed E-state index contributed by atoms with van der Waals surface area (Å²) in [5.41, 5.74) is 3.04. The lowest BCUT2D eigenvalue weighted by Gasteiger charge is -2.09. The molecule has 0 radical (unpaired) electrons. The van der Waals surface area contributed by atoms with E-state index in [-0.39, 0.29) is 5.97 Å². The summed E-state index contributed by atoms with van der Waals surface area (Å²) in [6, 6.07) is 7.21. The predicted octanol–water partition coefficient (Wildman–Crippen LogP) is 2.91. The number of allylic oxidation sites excluding steroid dienone is 2. The molecule has 0 bridgehead atoms. The summed E-state index contributed by atoms with van der Waals surface area (Å²) in [4.78, 5) is 11.7. The van der Waals surface area contributed by atoms with Crippen molar-refractivity contribution in [3.8, 4) is 6.07 Å². The van der Waals surface area contributed by atoms with Gasteiger partial charge in [-0.2, -0.15) is 5.26 Å². The molecule has 1 aliphatic rings. The summed E-state index contributed by atoms with van der Waals surface area (Å²) < 4.78 is 4.76. The van der Waals surface area contributed by atoms with Crippen LogP contribution in [0.5, 0.6) is 0 Å². The van der Waals surface area contributed by atoms with E-state index in [1.165, 1.54) is 12.7 Å². The van der Waals surface area contributed by atoms with E-state index in [4.69, 9.17) is 10.00 Å². The van der Waals surface area contributed by atoms with E-state index < -0.39 is 0 Å². The van der Waals surface area contributed by atoms with Gasteiger partial charge in [0.2, 0.25) is 0 Å². The van der Waals surface area contributed by atoms with Crippen LogP contribution >= 0.6 is 0 Å². The number of rotatable bonds is 2. The highest BCUT2D eigenvalue weighted by atomic mass is 16.5. The third-order valence-corrected chi connectivity index (χ3v) is 2.94. The maximum atomic E-state index is 11.7. The van der Waals surface area contributed by atoms with E-state index >= 15 is 0 Å². The van der Waals surface area contributed by atoms with Crippen LogP contribution in [0.25, 0.3) is 5.57 Å². The molecule has 0 heterocycles. The minimum absolute atomic E-state index is 0.384. The van der Waals surface area contributed by atoms with Crippen LogP contribution in [0.2, 0.25) is 0 Å². The van der Waals surface area contributed by atoms with Gasteiger partial charge in [-0.15, -0.1) is 0 Å². The molecule has 3 nitrogen and oxygen atoms in total. The van der Waals surface area contributed by atoms with E-state index in [9.17, 15) is 4.79 Å². The lowest BCUT2D eigenvalue weighted by molar-refractivity contribution is 0.0600. The maximum Gasteiger partial charge on any atom is 0.338 e. The van der Waals surface area contributed by atoms with Crippen LogP contribution in [-0.4, -0.2) is 13.1 Å². The number of ether oxygens (including phenoxy) is 1. The highest BCUT2D eigenvalue weighted by Crippen LogP contribution is 2.30. The predicted molar refractivity (Wildman–Crippen MR) is 64.3 cm³/mol. The average Bonchev–Trinajstić information content (AvgIpc) is 2.90. The van der Waals surface area contributed by atoms with E-state index in [1.807, 2.05) is 12.1 Å². The van der Waals surface area contributed by atoms with Gasteiger partial charge in [-0.1, -0.05) is 12.1 Å². The SMILES string of the molecule is COC(=O)c1cc(C#N)ccc1C1=CCCC1. The van der Waals surface area contributed by atoms with Crippen LogP contribution in [0.1, 0.15) is 40.7 Å². The van der Waals surface area contributed by atoms with Crippen LogP contribution in [0.15, 0.2) is 24.3 Å². The summed E-state index contributed by atoms with van der Waals surface area (Å²) in [6.07, 6.45) is 5.30. The molecule has 0 N–H and O–H groups in total. The topological polar surface area (TPSA) is 50.1 Å². The van der Waals surface area contributed by atoms with E-state index in [0.717, 1.165) is 24.8 Å². The van der Waals surface area contributed by atoms with Gasteiger partial charge in [-0.3, -0.25) is 0 Å². The summed E-state index contributed by atoms with van der Waals surface area (Å²) in [5.74, 6) is -0.384. The molecule has 1 aliphatic carbocycles. The van der Waals surface area contributed by atoms with Crippen LogP contribution in [0.3, 0.4) is 0 Å². The van der Waals surface area contributed by atoms with E-state index in [1.54, 1.807) is 12.1 Å². The Kier molecular flexibility index (Phi) is 3.24. The normalized spacial score (nSPS) is 14.0. The van der Waals surface area contributed by atoms with Crippen molar-refractivity contribution in [2.75, 3.05) is 7.11 Å². The molecule has 0 atom stereocenters. The Hall–Kier alpha value is -2.08. The first-order valence-electron chi connectivity index (χ1n) is 5.58. The number of esters is 1. The number of methoxy groups -OCH3 is 1. The van der Waals surface area contributed by atoms with Crippen LogP contribution < -0.4 is 0 Å². The van der Waals surface area contributed by atoms with Gasteiger partial charge in [0.1, 0.15) is 0 Å². The second-order valence-electron chi connectivity index (χ2n) is 3.99. The van der Waals surface area contributed by atoms with E-state index in [2.05, 4.69) is 6.08 Å². The number of hydrogen-bond donors (Lipinski definition) is 0. The Morgan fingerprint density at radius 2 is 2.29 bits per heavy atom. The zero-order valence-corrected chi connectivity index (χ0v) is 9.69. The molecule has 0 saturated carbocycles. The molecular formula is C14H13NO2. The van der Waals surface area contributed by atoms with Gasteiger partial charge in [0.05, 0.1) is 24.3 Å². The number of nitrogens with zero attached hydrogens (tertiary/aromatic N) is 1. The molecule has 0 unspecified atom stereocenters. The summed E-state index contributed by atoms with van der Waals surface area (Å²) in [6.45, 7) is 0. The minimum Gasteiger partial charge on any atom is -0.465 e. The van der Waals surface area contributed by atoms with E-state index in [0.29, 0.717) is 11.1 Å². The Morgan fingerprint density at radius 3 is 2.88 bits per heavy atom. The highest BCUT2D eigenvalue weighted by Gasteiger charge is 2.17. The third kappa shape index (κ3) is 2.21. The Morgan fingerprint density at radius 1 is 1.47 bits per heavy atom. The molecule has 0 amide bonds. The molecule has 86 valence electrons. The number of carbonyl (C=O) groups excluding carboxylic acids is 1. The van der Waals surface area contributed by atoms with Gasteiger partial charge in [0.25, 0.3) is 0 Å². The fourth-order valence-corrected chi connectivity index (χ4v) is 2.09. The summed E-state index contributed by atoms with van der Waals surface area (Å²) in [7, 11) is 1.36. The van der Waals surface area contributed by atoms with Gasteiger partial charge >= 0.3 is 5.97 Å². The smallest absolute Gasteiger partial charge is 0.338 e. The number of carbonyl (C=O) groups is 1. The molecule has 0 saturated heterocycles. The molecule has 0 aliphatic heterocycles. The molecule has 0 aromatic heterocycles. The second kappa shape index (κ2) is 4.84. The number of hydrogen-bond acceptors (Lipinski definition) is 3. The monoisotopic (exact) mass is 227 g/mol. The van der Waals surface area contributed by atoms with Crippen molar-refractivity contribution in [1.29, 1.82) is 5.26 Å². The quantitative estimate of drug-likeness (QED) is 0.730. The van der Waals surface area contributed by atoms with Crippen LogP contribution in [-0.2, 0) is 4.74 Å². The first-order chi connectivity index (χ1) is 8.26. The largest absolute Gasteiger partial charge is 0.465 e. The lowest BCUT2D eigenvalue weighted by Crippen LogP contribution is -2.05. The minimum atomic E-state index is -0.384. The molecule has 2 rings (SSSR count). The average molecular weight is 227 g/mol.